The van der Waals surface area contributed by atoms with Crippen molar-refractivity contribution in [3.8, 4) is 0 Å². The van der Waals surface area contributed by atoms with E-state index in [2.05, 4.69) is 5.32 Å². The van der Waals surface area contributed by atoms with Crippen molar-refractivity contribution in [2.75, 3.05) is 11.1 Å². The molecule has 0 aromatic heterocycles. The minimum atomic E-state index is -0.832. The van der Waals surface area contributed by atoms with Gasteiger partial charge in [0.15, 0.2) is 0 Å². The Bertz CT molecular complexity index is 563. The lowest BCUT2D eigenvalue weighted by molar-refractivity contribution is -0.115. The molecule has 0 atom stereocenters. The highest BCUT2D eigenvalue weighted by Crippen LogP contribution is 2.22. The quantitative estimate of drug-likeness (QED) is 0.849. The second-order valence-corrected chi connectivity index (χ2v) is 4.13. The van der Waals surface area contributed by atoms with E-state index in [4.69, 9.17) is 5.73 Å². The smallest absolute Gasteiger partial charge is 0.229 e. The highest BCUT2D eigenvalue weighted by Gasteiger charge is 2.15. The molecule has 6 heteroatoms. The maximum absolute atomic E-state index is 13.5. The second-order valence-electron chi connectivity index (χ2n) is 4.13. The molecule has 0 saturated carbocycles. The number of nitrogens with one attached hydrogen (secondary N) is 1. The topological polar surface area (TPSA) is 55.1 Å². The lowest BCUT2D eigenvalue weighted by Gasteiger charge is -2.10. The standard InChI is InChI=1S/C14H11F3N2O/c15-9-3-1-4-10(16)8(9)7-13(20)19-14-11(17)5-2-6-12(14)18/h1-6H,7,18H2,(H,19,20). The molecule has 0 aliphatic rings. The second kappa shape index (κ2) is 5.64. The molecule has 0 fully saturated rings. The lowest BCUT2D eigenvalue weighted by Crippen LogP contribution is -2.18. The van der Waals surface area contributed by atoms with Gasteiger partial charge in [-0.05, 0) is 24.3 Å². The number of hydrogen-bond acceptors (Lipinski definition) is 2. The van der Waals surface area contributed by atoms with Crippen molar-refractivity contribution in [2.24, 2.45) is 0 Å². The van der Waals surface area contributed by atoms with Gasteiger partial charge in [0.25, 0.3) is 0 Å². The third-order valence-corrected chi connectivity index (χ3v) is 2.71. The van der Waals surface area contributed by atoms with E-state index in [0.717, 1.165) is 18.2 Å². The maximum Gasteiger partial charge on any atom is 0.229 e. The number of carbonyl (C=O) groups excluding carboxylic acids is 1. The van der Waals surface area contributed by atoms with Crippen LogP contribution in [0.2, 0.25) is 0 Å². The van der Waals surface area contributed by atoms with Crippen LogP contribution in [0.3, 0.4) is 0 Å². The van der Waals surface area contributed by atoms with E-state index in [1.807, 2.05) is 0 Å². The lowest BCUT2D eigenvalue weighted by atomic mass is 10.1. The first-order valence-electron chi connectivity index (χ1n) is 5.75. The van der Waals surface area contributed by atoms with E-state index in [9.17, 15) is 18.0 Å². The Morgan fingerprint density at radius 1 is 1.00 bits per heavy atom. The molecule has 0 aliphatic heterocycles. The van der Waals surface area contributed by atoms with Crippen molar-refractivity contribution in [2.45, 2.75) is 6.42 Å². The van der Waals surface area contributed by atoms with Crippen molar-refractivity contribution in [1.29, 1.82) is 0 Å². The van der Waals surface area contributed by atoms with Gasteiger partial charge >= 0.3 is 0 Å². The molecule has 104 valence electrons. The third kappa shape index (κ3) is 2.90. The van der Waals surface area contributed by atoms with Crippen LogP contribution >= 0.6 is 0 Å². The van der Waals surface area contributed by atoms with E-state index < -0.39 is 29.8 Å². The van der Waals surface area contributed by atoms with Crippen LogP contribution in [0, 0.1) is 17.5 Å². The minimum Gasteiger partial charge on any atom is -0.397 e. The molecule has 3 nitrogen and oxygen atoms in total. The average molecular weight is 280 g/mol. The maximum atomic E-state index is 13.5. The van der Waals surface area contributed by atoms with Gasteiger partial charge in [0.1, 0.15) is 23.1 Å². The summed E-state index contributed by atoms with van der Waals surface area (Å²) in [7, 11) is 0. The highest BCUT2D eigenvalue weighted by atomic mass is 19.1. The summed E-state index contributed by atoms with van der Waals surface area (Å²) in [6.07, 6.45) is -0.549. The van der Waals surface area contributed by atoms with Gasteiger partial charge in [-0.25, -0.2) is 13.2 Å². The van der Waals surface area contributed by atoms with Gasteiger partial charge < -0.3 is 11.1 Å². The van der Waals surface area contributed by atoms with Gasteiger partial charge in [0, 0.05) is 5.56 Å². The van der Waals surface area contributed by atoms with Crippen molar-refractivity contribution in [1.82, 2.24) is 0 Å². The molecule has 2 aromatic rings. The number of nitrogens with two attached hydrogens (primary N) is 1. The molecule has 2 rings (SSSR count). The van der Waals surface area contributed by atoms with Gasteiger partial charge in [0.2, 0.25) is 5.91 Å². The van der Waals surface area contributed by atoms with E-state index in [-0.39, 0.29) is 16.9 Å². The molecular weight excluding hydrogens is 269 g/mol. The first-order valence-corrected chi connectivity index (χ1v) is 5.75. The Hall–Kier alpha value is -2.50. The molecule has 0 heterocycles. The molecular formula is C14H11F3N2O. The van der Waals surface area contributed by atoms with Gasteiger partial charge in [-0.3, -0.25) is 4.79 Å². The zero-order valence-corrected chi connectivity index (χ0v) is 10.3. The molecule has 0 spiro atoms. The number of amides is 1. The van der Waals surface area contributed by atoms with Gasteiger partial charge in [-0.15, -0.1) is 0 Å². The van der Waals surface area contributed by atoms with Crippen LogP contribution in [-0.2, 0) is 11.2 Å². The zero-order valence-electron chi connectivity index (χ0n) is 10.3. The molecule has 0 unspecified atom stereocenters. The van der Waals surface area contributed by atoms with Gasteiger partial charge in [0.05, 0.1) is 12.1 Å². The molecule has 2 aromatic carbocycles. The van der Waals surface area contributed by atoms with Crippen molar-refractivity contribution in [3.63, 3.8) is 0 Å². The highest BCUT2D eigenvalue weighted by molar-refractivity contribution is 5.95. The van der Waals surface area contributed by atoms with Crippen LogP contribution in [0.15, 0.2) is 36.4 Å². The first kappa shape index (κ1) is 13.9. The minimum absolute atomic E-state index is 0.0346. The van der Waals surface area contributed by atoms with E-state index in [1.54, 1.807) is 0 Å². The number of hydrogen-bond donors (Lipinski definition) is 2. The van der Waals surface area contributed by atoms with E-state index in [0.29, 0.717) is 0 Å². The fourth-order valence-electron chi connectivity index (χ4n) is 1.72. The number of para-hydroxylation sites is 1. The van der Waals surface area contributed by atoms with E-state index >= 15 is 0 Å². The fraction of sp³-hybridized carbons (Fsp3) is 0.0714. The van der Waals surface area contributed by atoms with Gasteiger partial charge in [-0.2, -0.15) is 0 Å². The van der Waals surface area contributed by atoms with E-state index in [1.165, 1.54) is 18.2 Å². The number of benzene rings is 2. The van der Waals surface area contributed by atoms with Crippen LogP contribution in [0.25, 0.3) is 0 Å². The Balaban J connectivity index is 2.18. The van der Waals surface area contributed by atoms with Gasteiger partial charge in [-0.1, -0.05) is 12.1 Å². The Labute approximate surface area is 113 Å². The largest absolute Gasteiger partial charge is 0.397 e. The predicted octanol–water partition coefficient (Wildman–Crippen LogP) is 2.87. The number of anilines is 2. The third-order valence-electron chi connectivity index (χ3n) is 2.71. The van der Waals surface area contributed by atoms with Crippen LogP contribution in [0.5, 0.6) is 0 Å². The predicted molar refractivity (Wildman–Crippen MR) is 69.5 cm³/mol. The van der Waals surface area contributed by atoms with Crippen molar-refractivity contribution >= 4 is 17.3 Å². The number of carbonyl (C=O) groups is 1. The molecule has 20 heavy (non-hydrogen) atoms. The number of nitrogen functional groups attached to an aromatic ring is 1. The van der Waals surface area contributed by atoms with Crippen LogP contribution in [-0.4, -0.2) is 5.91 Å². The molecule has 0 bridgehead atoms. The summed E-state index contributed by atoms with van der Waals surface area (Å²) in [5, 5.41) is 2.21. The summed E-state index contributed by atoms with van der Waals surface area (Å²) in [5.41, 5.74) is 4.98. The molecule has 0 aliphatic carbocycles. The summed E-state index contributed by atoms with van der Waals surface area (Å²) in [6, 6.07) is 7.20. The molecule has 1 amide bonds. The summed E-state index contributed by atoms with van der Waals surface area (Å²) >= 11 is 0. The molecule has 3 N–H and O–H groups in total. The Morgan fingerprint density at radius 2 is 1.55 bits per heavy atom. The Morgan fingerprint density at radius 3 is 2.15 bits per heavy atom. The van der Waals surface area contributed by atoms with Crippen molar-refractivity contribution < 1.29 is 18.0 Å². The summed E-state index contributed by atoms with van der Waals surface area (Å²) in [6.45, 7) is 0. The summed E-state index contributed by atoms with van der Waals surface area (Å²) in [4.78, 5) is 11.7. The normalized spacial score (nSPS) is 10.3. The fourth-order valence-corrected chi connectivity index (χ4v) is 1.72. The zero-order chi connectivity index (χ0) is 14.7. The summed E-state index contributed by atoms with van der Waals surface area (Å²) in [5.74, 6) is -3.14. The SMILES string of the molecule is Nc1cccc(F)c1NC(=O)Cc1c(F)cccc1F. The first-order chi connectivity index (χ1) is 9.49. The Kier molecular flexibility index (Phi) is 3.93. The van der Waals surface area contributed by atoms with Crippen LogP contribution in [0.1, 0.15) is 5.56 Å². The number of rotatable bonds is 3. The molecule has 0 radical (unpaired) electrons. The summed E-state index contributed by atoms with van der Waals surface area (Å²) < 4.78 is 40.2. The average Bonchev–Trinajstić information content (AvgIpc) is 2.39. The monoisotopic (exact) mass is 280 g/mol. The number of halogens is 3. The van der Waals surface area contributed by atoms with Crippen molar-refractivity contribution in [3.05, 3.63) is 59.4 Å². The molecule has 0 saturated heterocycles. The van der Waals surface area contributed by atoms with Crippen LogP contribution in [0.4, 0.5) is 24.5 Å². The van der Waals surface area contributed by atoms with Crippen LogP contribution < -0.4 is 11.1 Å².